The van der Waals surface area contributed by atoms with Crippen LogP contribution >= 0.6 is 0 Å². The van der Waals surface area contributed by atoms with Gasteiger partial charge in [0.1, 0.15) is 0 Å². The quantitative estimate of drug-likeness (QED) is 0.639. The van der Waals surface area contributed by atoms with Crippen LogP contribution < -0.4 is 0 Å². The van der Waals surface area contributed by atoms with Gasteiger partial charge in [0.15, 0.2) is 0 Å². The van der Waals surface area contributed by atoms with Crippen LogP contribution in [0.2, 0.25) is 0 Å². The molecule has 0 heterocycles. The first-order valence-corrected chi connectivity index (χ1v) is 5.67. The predicted molar refractivity (Wildman–Crippen MR) is 67.2 cm³/mol. The van der Waals surface area contributed by atoms with Crippen LogP contribution in [-0.4, -0.2) is 0 Å². The van der Waals surface area contributed by atoms with Gasteiger partial charge in [0, 0.05) is 0 Å². The second kappa shape index (κ2) is 5.16. The van der Waals surface area contributed by atoms with E-state index < -0.39 is 0 Å². The van der Waals surface area contributed by atoms with E-state index in [0.717, 1.165) is 19.3 Å². The lowest BCUT2D eigenvalue weighted by Crippen LogP contribution is -1.99. The minimum absolute atomic E-state index is 1.01. The maximum Gasteiger partial charge on any atom is -0.0271 e. The number of unbranched alkanes of at least 4 members (excludes halogenated alkanes) is 1. The van der Waals surface area contributed by atoms with E-state index in [0.29, 0.717) is 0 Å². The standard InChI is InChI=1S/C15H21/c1-6-7-8-9-15-12(3)10-11(2)13(4)14(15)5/h1,6,10H,7-9H2,2-5H3. The number of hydrogen-bond donors (Lipinski definition) is 0. The molecular weight excluding hydrogens is 180 g/mol. The van der Waals surface area contributed by atoms with Crippen molar-refractivity contribution in [1.29, 1.82) is 0 Å². The Morgan fingerprint density at radius 2 is 1.73 bits per heavy atom. The summed E-state index contributed by atoms with van der Waals surface area (Å²) in [7, 11) is 0. The molecule has 0 spiro atoms. The first kappa shape index (κ1) is 12.0. The zero-order valence-corrected chi connectivity index (χ0v) is 10.4. The third-order valence-corrected chi connectivity index (χ3v) is 3.31. The molecule has 0 aromatic heterocycles. The van der Waals surface area contributed by atoms with Gasteiger partial charge >= 0.3 is 0 Å². The zero-order chi connectivity index (χ0) is 11.4. The lowest BCUT2D eigenvalue weighted by Gasteiger charge is -2.14. The van der Waals surface area contributed by atoms with E-state index in [4.69, 9.17) is 6.58 Å². The van der Waals surface area contributed by atoms with E-state index in [-0.39, 0.29) is 0 Å². The van der Waals surface area contributed by atoms with Gasteiger partial charge in [0.05, 0.1) is 0 Å². The van der Waals surface area contributed by atoms with Gasteiger partial charge < -0.3 is 0 Å². The highest BCUT2D eigenvalue weighted by Gasteiger charge is 2.07. The van der Waals surface area contributed by atoms with Gasteiger partial charge in [0.2, 0.25) is 0 Å². The first-order chi connectivity index (χ1) is 7.07. The molecule has 0 saturated heterocycles. The number of allylic oxidation sites excluding steroid dienone is 1. The van der Waals surface area contributed by atoms with Gasteiger partial charge in [0.25, 0.3) is 0 Å². The van der Waals surface area contributed by atoms with Crippen molar-refractivity contribution in [3.05, 3.63) is 46.5 Å². The van der Waals surface area contributed by atoms with E-state index >= 15 is 0 Å². The zero-order valence-electron chi connectivity index (χ0n) is 10.4. The molecule has 15 heavy (non-hydrogen) atoms. The Hall–Kier alpha value is -1.04. The van der Waals surface area contributed by atoms with Gasteiger partial charge in [-0.2, -0.15) is 0 Å². The maximum atomic E-state index is 5.40. The van der Waals surface area contributed by atoms with Gasteiger partial charge in [-0.15, -0.1) is 0 Å². The molecule has 1 aromatic rings. The summed E-state index contributed by atoms with van der Waals surface area (Å²) in [5, 5.41) is 0. The molecular formula is C15H21. The second-order valence-electron chi connectivity index (χ2n) is 4.37. The lowest BCUT2D eigenvalue weighted by atomic mass is 9.91. The summed E-state index contributed by atoms with van der Waals surface area (Å²) in [6.07, 6.45) is 5.06. The minimum atomic E-state index is 1.01. The number of rotatable bonds is 4. The smallest absolute Gasteiger partial charge is 0.0271 e. The molecule has 0 N–H and O–H groups in total. The molecule has 1 rings (SSSR count). The highest BCUT2D eigenvalue weighted by Crippen LogP contribution is 2.23. The van der Waals surface area contributed by atoms with Crippen LogP contribution in [0.4, 0.5) is 0 Å². The van der Waals surface area contributed by atoms with Crippen molar-refractivity contribution in [2.24, 2.45) is 0 Å². The average Bonchev–Trinajstić information content (AvgIpc) is 2.20. The molecule has 1 radical (unpaired) electrons. The van der Waals surface area contributed by atoms with Crippen molar-refractivity contribution in [2.45, 2.75) is 47.0 Å². The molecule has 0 bridgehead atoms. The molecule has 0 saturated carbocycles. The third-order valence-electron chi connectivity index (χ3n) is 3.31. The summed E-state index contributed by atoms with van der Waals surface area (Å²) in [5.41, 5.74) is 7.24. The summed E-state index contributed by atoms with van der Waals surface area (Å²) < 4.78 is 0. The first-order valence-electron chi connectivity index (χ1n) is 5.67. The van der Waals surface area contributed by atoms with Crippen molar-refractivity contribution in [3.63, 3.8) is 0 Å². The van der Waals surface area contributed by atoms with E-state index in [1.807, 2.05) is 0 Å². The van der Waals surface area contributed by atoms with Crippen molar-refractivity contribution in [1.82, 2.24) is 0 Å². The summed E-state index contributed by atoms with van der Waals surface area (Å²) in [6.45, 7) is 14.2. The highest BCUT2D eigenvalue weighted by molar-refractivity contribution is 5.43. The monoisotopic (exact) mass is 201 g/mol. The van der Waals surface area contributed by atoms with E-state index in [1.54, 1.807) is 6.08 Å². The van der Waals surface area contributed by atoms with Gasteiger partial charge in [-0.1, -0.05) is 18.7 Å². The predicted octanol–water partition coefficient (Wildman–Crippen LogP) is 4.23. The molecule has 0 unspecified atom stereocenters. The molecule has 0 aliphatic carbocycles. The molecule has 0 nitrogen and oxygen atoms in total. The fraction of sp³-hybridized carbons (Fsp3) is 0.467. The molecule has 0 heteroatoms. The van der Waals surface area contributed by atoms with Gasteiger partial charge in [-0.05, 0) is 74.8 Å². The van der Waals surface area contributed by atoms with Crippen LogP contribution in [0.25, 0.3) is 0 Å². The molecule has 0 amide bonds. The average molecular weight is 201 g/mol. The fourth-order valence-corrected chi connectivity index (χ4v) is 2.12. The summed E-state index contributed by atoms with van der Waals surface area (Å²) >= 11 is 0. The molecule has 0 aliphatic heterocycles. The largest absolute Gasteiger partial charge is 0.0845 e. The Labute approximate surface area is 94.0 Å². The van der Waals surface area contributed by atoms with Crippen LogP contribution in [0.3, 0.4) is 0 Å². The minimum Gasteiger partial charge on any atom is -0.0845 e. The SMILES string of the molecule is [CH]=CCCCc1c(C)cc(C)c(C)c1C. The Bertz CT molecular complexity index is 359. The Morgan fingerprint density at radius 1 is 1.07 bits per heavy atom. The molecule has 1 aromatic carbocycles. The van der Waals surface area contributed by atoms with Crippen molar-refractivity contribution in [2.75, 3.05) is 0 Å². The fourth-order valence-electron chi connectivity index (χ4n) is 2.12. The molecule has 81 valence electrons. The normalized spacial score (nSPS) is 10.4. The van der Waals surface area contributed by atoms with Crippen LogP contribution in [0.1, 0.15) is 40.7 Å². The number of hydrogen-bond acceptors (Lipinski definition) is 0. The number of aryl methyl sites for hydroxylation is 2. The number of benzene rings is 1. The van der Waals surface area contributed by atoms with Crippen molar-refractivity contribution in [3.8, 4) is 0 Å². The lowest BCUT2D eigenvalue weighted by molar-refractivity contribution is 0.829. The summed E-state index contributed by atoms with van der Waals surface area (Å²) in [4.78, 5) is 0. The van der Waals surface area contributed by atoms with E-state index in [2.05, 4.69) is 33.8 Å². The molecule has 0 aliphatic rings. The summed E-state index contributed by atoms with van der Waals surface area (Å²) in [5.74, 6) is 0. The summed E-state index contributed by atoms with van der Waals surface area (Å²) in [6, 6.07) is 2.30. The Morgan fingerprint density at radius 3 is 2.33 bits per heavy atom. The van der Waals surface area contributed by atoms with Crippen LogP contribution in [0.5, 0.6) is 0 Å². The highest BCUT2D eigenvalue weighted by atomic mass is 14.1. The van der Waals surface area contributed by atoms with E-state index in [9.17, 15) is 0 Å². The topological polar surface area (TPSA) is 0 Å². The van der Waals surface area contributed by atoms with Gasteiger partial charge in [-0.3, -0.25) is 0 Å². The van der Waals surface area contributed by atoms with Crippen LogP contribution in [0.15, 0.2) is 12.1 Å². The second-order valence-corrected chi connectivity index (χ2v) is 4.37. The molecule has 0 fully saturated rings. The van der Waals surface area contributed by atoms with Crippen LogP contribution in [0, 0.1) is 34.3 Å². The Balaban J connectivity index is 2.96. The maximum absolute atomic E-state index is 5.40. The molecule has 0 atom stereocenters. The van der Waals surface area contributed by atoms with E-state index in [1.165, 1.54) is 27.8 Å². The van der Waals surface area contributed by atoms with Gasteiger partial charge in [-0.25, -0.2) is 0 Å². The van der Waals surface area contributed by atoms with Crippen molar-refractivity contribution < 1.29 is 0 Å². The van der Waals surface area contributed by atoms with Crippen LogP contribution in [-0.2, 0) is 6.42 Å². The van der Waals surface area contributed by atoms with Crippen molar-refractivity contribution >= 4 is 0 Å². The third kappa shape index (κ3) is 2.71. The Kier molecular flexibility index (Phi) is 4.14.